The van der Waals surface area contributed by atoms with E-state index in [9.17, 15) is 39.8 Å². The third-order valence-corrected chi connectivity index (χ3v) is 12.5. The van der Waals surface area contributed by atoms with E-state index in [0.717, 1.165) is 51.4 Å². The zero-order valence-corrected chi connectivity index (χ0v) is 39.4. The predicted molar refractivity (Wildman–Crippen MR) is 244 cm³/mol. The number of ether oxygens (including phenoxy) is 2. The Morgan fingerprint density at radius 3 is 1.30 bits per heavy atom. The number of carbonyl (C=O) groups excluding carboxylic acids is 1. The van der Waals surface area contributed by atoms with Gasteiger partial charge in [-0.3, -0.25) is 13.8 Å². The number of phosphoric ester groups is 1. The van der Waals surface area contributed by atoms with Crippen LogP contribution in [0, 0.1) is 0 Å². The predicted octanol–water partition coefficient (Wildman–Crippen LogP) is 10.5. The summed E-state index contributed by atoms with van der Waals surface area (Å²) >= 11 is 0. The minimum absolute atomic E-state index is 0.0789. The van der Waals surface area contributed by atoms with Crippen LogP contribution >= 0.6 is 7.82 Å². The molecule has 0 bridgehead atoms. The number of aliphatic hydroxyl groups excluding tert-OH is 5. The fourth-order valence-corrected chi connectivity index (χ4v) is 8.55. The second-order valence-corrected chi connectivity index (χ2v) is 18.7. The molecule has 0 spiro atoms. The fraction of sp³-hybridized carbons (Fsp3) is 0.896. The standard InChI is InChI=1S/C48H91O12P/c1-3-5-7-9-11-13-15-17-19-20-21-22-23-25-27-29-31-33-35-37-42(49)59-41(40-58-61(55,56)60-48-46(53)44(51)43(50)45(52)47(48)54)39-57-38-36-34-32-30-28-26-24-18-16-14-12-10-8-6-4-2/h16-19,41,43-48,50-54H,3-15,20-40H2,1-2H3,(H,55,56)/b18-16-,19-17-. The lowest BCUT2D eigenvalue weighted by molar-refractivity contribution is -0.220. The van der Waals surface area contributed by atoms with Gasteiger partial charge in [0.2, 0.25) is 0 Å². The second-order valence-electron chi connectivity index (χ2n) is 17.3. The van der Waals surface area contributed by atoms with Crippen molar-refractivity contribution in [2.24, 2.45) is 0 Å². The molecule has 1 fully saturated rings. The van der Waals surface area contributed by atoms with Crippen molar-refractivity contribution < 1.29 is 58.3 Å². The van der Waals surface area contributed by atoms with Crippen molar-refractivity contribution in [1.82, 2.24) is 0 Å². The van der Waals surface area contributed by atoms with Gasteiger partial charge < -0.3 is 39.9 Å². The molecular formula is C48H91O12P. The molecule has 0 radical (unpaired) electrons. The Labute approximate surface area is 370 Å². The maximum absolute atomic E-state index is 12.8. The van der Waals surface area contributed by atoms with Crippen molar-refractivity contribution in [3.8, 4) is 0 Å². The molecule has 1 aliphatic carbocycles. The Bertz CT molecular complexity index is 1110. The number of hydrogen-bond donors (Lipinski definition) is 6. The topological polar surface area (TPSA) is 192 Å². The monoisotopic (exact) mass is 891 g/mol. The van der Waals surface area contributed by atoms with E-state index in [0.29, 0.717) is 13.0 Å². The summed E-state index contributed by atoms with van der Waals surface area (Å²) < 4.78 is 34.2. The Morgan fingerprint density at radius 1 is 0.508 bits per heavy atom. The van der Waals surface area contributed by atoms with Crippen LogP contribution in [-0.4, -0.2) is 98.9 Å². The SMILES string of the molecule is CCCCCCC/C=C\CCCCCCCCOCC(COP(=O)(O)OC1C(O)C(O)C(O)C(O)C1O)OC(=O)CCCCCCCCCCC/C=C\CCCCCCCC. The summed E-state index contributed by atoms with van der Waals surface area (Å²) in [6.45, 7) is 4.25. The van der Waals surface area contributed by atoms with Gasteiger partial charge in [-0.05, 0) is 64.2 Å². The van der Waals surface area contributed by atoms with Crippen LogP contribution in [0.2, 0.25) is 0 Å². The molecule has 0 saturated heterocycles. The van der Waals surface area contributed by atoms with Gasteiger partial charge in [0, 0.05) is 13.0 Å². The van der Waals surface area contributed by atoms with E-state index in [-0.39, 0.29) is 13.0 Å². The number of rotatable bonds is 42. The quantitative estimate of drug-likeness (QED) is 0.0147. The van der Waals surface area contributed by atoms with Crippen molar-refractivity contribution in [3.05, 3.63) is 24.3 Å². The van der Waals surface area contributed by atoms with Crippen LogP contribution in [-0.2, 0) is 27.9 Å². The van der Waals surface area contributed by atoms with Gasteiger partial charge in [-0.25, -0.2) is 4.57 Å². The molecule has 6 atom stereocenters. The second kappa shape index (κ2) is 39.2. The first-order valence-electron chi connectivity index (χ1n) is 24.7. The lowest BCUT2D eigenvalue weighted by Crippen LogP contribution is -2.64. The Kier molecular flexibility index (Phi) is 37.2. The fourth-order valence-electron chi connectivity index (χ4n) is 7.58. The highest BCUT2D eigenvalue weighted by molar-refractivity contribution is 7.47. The van der Waals surface area contributed by atoms with E-state index in [1.54, 1.807) is 0 Å². The van der Waals surface area contributed by atoms with E-state index >= 15 is 0 Å². The Balaban J connectivity index is 2.36. The van der Waals surface area contributed by atoms with Crippen molar-refractivity contribution in [3.63, 3.8) is 0 Å². The molecule has 6 N–H and O–H groups in total. The van der Waals surface area contributed by atoms with Gasteiger partial charge in [-0.15, -0.1) is 0 Å². The average molecular weight is 891 g/mol. The summed E-state index contributed by atoms with van der Waals surface area (Å²) in [6.07, 6.45) is 32.4. The summed E-state index contributed by atoms with van der Waals surface area (Å²) in [5.74, 6) is -0.480. The first kappa shape index (κ1) is 57.8. The number of allylic oxidation sites excluding steroid dienone is 4. The van der Waals surface area contributed by atoms with Gasteiger partial charge in [0.05, 0.1) is 13.2 Å². The molecule has 1 saturated carbocycles. The number of aliphatic hydroxyl groups is 5. The number of unbranched alkanes of at least 4 members (excludes halogenated alkanes) is 26. The zero-order chi connectivity index (χ0) is 44.8. The van der Waals surface area contributed by atoms with E-state index in [4.69, 9.17) is 18.5 Å². The highest BCUT2D eigenvalue weighted by Crippen LogP contribution is 2.47. The molecule has 0 aliphatic heterocycles. The minimum atomic E-state index is -5.02. The molecular weight excluding hydrogens is 799 g/mol. The number of carbonyl (C=O) groups is 1. The maximum atomic E-state index is 12.8. The molecule has 13 heteroatoms. The Morgan fingerprint density at radius 2 is 0.869 bits per heavy atom. The third kappa shape index (κ3) is 31.4. The lowest BCUT2D eigenvalue weighted by atomic mass is 9.85. The van der Waals surface area contributed by atoms with Crippen LogP contribution in [0.1, 0.15) is 213 Å². The first-order valence-corrected chi connectivity index (χ1v) is 26.2. The van der Waals surface area contributed by atoms with Crippen LogP contribution in [0.3, 0.4) is 0 Å². The molecule has 360 valence electrons. The van der Waals surface area contributed by atoms with E-state index < -0.39 is 63.1 Å². The number of esters is 1. The zero-order valence-electron chi connectivity index (χ0n) is 38.5. The molecule has 61 heavy (non-hydrogen) atoms. The van der Waals surface area contributed by atoms with Gasteiger partial charge in [-0.2, -0.15) is 0 Å². The molecule has 12 nitrogen and oxygen atoms in total. The van der Waals surface area contributed by atoms with Gasteiger partial charge in [-0.1, -0.05) is 167 Å². The summed E-state index contributed by atoms with van der Waals surface area (Å²) in [4.78, 5) is 23.2. The molecule has 0 aromatic rings. The Hall–Kier alpha value is -1.18. The summed E-state index contributed by atoms with van der Waals surface area (Å²) in [5.41, 5.74) is 0. The van der Waals surface area contributed by atoms with Gasteiger partial charge >= 0.3 is 13.8 Å². The maximum Gasteiger partial charge on any atom is 0.472 e. The normalized spacial score (nSPS) is 22.3. The van der Waals surface area contributed by atoms with Gasteiger partial charge in [0.25, 0.3) is 0 Å². The van der Waals surface area contributed by atoms with Gasteiger partial charge in [0.15, 0.2) is 0 Å². The van der Waals surface area contributed by atoms with E-state index in [1.165, 1.54) is 135 Å². The van der Waals surface area contributed by atoms with E-state index in [2.05, 4.69) is 38.2 Å². The highest BCUT2D eigenvalue weighted by atomic mass is 31.2. The number of hydrogen-bond acceptors (Lipinski definition) is 11. The first-order chi connectivity index (χ1) is 29.5. The summed E-state index contributed by atoms with van der Waals surface area (Å²) in [6, 6.07) is 0. The summed E-state index contributed by atoms with van der Waals surface area (Å²) in [5, 5.41) is 50.2. The van der Waals surface area contributed by atoms with Crippen molar-refractivity contribution in [2.45, 2.75) is 256 Å². The average Bonchev–Trinajstić information content (AvgIpc) is 3.24. The molecule has 0 amide bonds. The third-order valence-electron chi connectivity index (χ3n) is 11.5. The van der Waals surface area contributed by atoms with Crippen molar-refractivity contribution in [1.29, 1.82) is 0 Å². The molecule has 6 unspecified atom stereocenters. The largest absolute Gasteiger partial charge is 0.472 e. The van der Waals surface area contributed by atoms with Crippen LogP contribution in [0.25, 0.3) is 0 Å². The molecule has 0 heterocycles. The molecule has 1 aliphatic rings. The van der Waals surface area contributed by atoms with Crippen LogP contribution in [0.15, 0.2) is 24.3 Å². The summed E-state index contributed by atoms with van der Waals surface area (Å²) in [7, 11) is -5.02. The van der Waals surface area contributed by atoms with E-state index in [1.807, 2.05) is 0 Å². The van der Waals surface area contributed by atoms with Crippen molar-refractivity contribution in [2.75, 3.05) is 19.8 Å². The van der Waals surface area contributed by atoms with Crippen LogP contribution in [0.5, 0.6) is 0 Å². The lowest BCUT2D eigenvalue weighted by Gasteiger charge is -2.41. The smallest absolute Gasteiger partial charge is 0.457 e. The van der Waals surface area contributed by atoms with Crippen LogP contribution in [0.4, 0.5) is 0 Å². The molecule has 1 rings (SSSR count). The minimum Gasteiger partial charge on any atom is -0.457 e. The number of phosphoric acid groups is 1. The van der Waals surface area contributed by atoms with Crippen molar-refractivity contribution >= 4 is 13.8 Å². The molecule has 0 aromatic carbocycles. The molecule has 0 aromatic heterocycles. The highest BCUT2D eigenvalue weighted by Gasteiger charge is 2.51. The van der Waals surface area contributed by atoms with Gasteiger partial charge in [0.1, 0.15) is 42.7 Å². The van der Waals surface area contributed by atoms with Crippen LogP contribution < -0.4 is 0 Å².